The fourth-order valence-corrected chi connectivity index (χ4v) is 3.91. The van der Waals surface area contributed by atoms with Crippen LogP contribution in [0.5, 0.6) is 5.75 Å². The summed E-state index contributed by atoms with van der Waals surface area (Å²) >= 11 is 1.56. The molecular formula is C22H27N3O2S. The number of anilines is 1. The highest BCUT2D eigenvalue weighted by atomic mass is 32.1. The molecule has 6 heteroatoms. The molecule has 0 N–H and O–H groups in total. The van der Waals surface area contributed by atoms with Crippen molar-refractivity contribution in [3.63, 3.8) is 0 Å². The van der Waals surface area contributed by atoms with Gasteiger partial charge in [0.15, 0.2) is 5.13 Å². The second-order valence-electron chi connectivity index (χ2n) is 7.42. The second-order valence-corrected chi connectivity index (χ2v) is 8.43. The molecule has 1 aromatic heterocycles. The molecule has 3 aromatic rings. The molecule has 0 aliphatic heterocycles. The van der Waals surface area contributed by atoms with Gasteiger partial charge in [0.05, 0.1) is 16.3 Å². The van der Waals surface area contributed by atoms with Crippen LogP contribution in [0.2, 0.25) is 0 Å². The minimum Gasteiger partial charge on any atom is -0.491 e. The molecule has 0 spiro atoms. The number of benzene rings is 2. The van der Waals surface area contributed by atoms with Crippen LogP contribution in [0.25, 0.3) is 10.2 Å². The lowest BCUT2D eigenvalue weighted by atomic mass is 10.2. The molecule has 0 radical (unpaired) electrons. The number of carbonyl (C=O) groups excluding carboxylic acids is 1. The van der Waals surface area contributed by atoms with Gasteiger partial charge in [-0.05, 0) is 76.8 Å². The molecule has 148 valence electrons. The Morgan fingerprint density at radius 1 is 1.11 bits per heavy atom. The van der Waals surface area contributed by atoms with E-state index in [1.54, 1.807) is 16.2 Å². The fourth-order valence-electron chi connectivity index (χ4n) is 2.82. The highest BCUT2D eigenvalue weighted by Crippen LogP contribution is 2.30. The van der Waals surface area contributed by atoms with Crippen LogP contribution in [0.3, 0.4) is 0 Å². The van der Waals surface area contributed by atoms with Crippen molar-refractivity contribution in [2.24, 2.45) is 0 Å². The monoisotopic (exact) mass is 397 g/mol. The minimum absolute atomic E-state index is 0.0475. The number of ether oxygens (including phenoxy) is 1. The predicted octanol–water partition coefficient (Wildman–Crippen LogP) is 4.60. The first kappa shape index (κ1) is 20.3. The number of nitrogens with zero attached hydrogens (tertiary/aromatic N) is 3. The highest BCUT2D eigenvalue weighted by Gasteiger charge is 2.21. The number of rotatable bonds is 7. The molecule has 0 atom stereocenters. The molecule has 0 aliphatic carbocycles. The summed E-state index contributed by atoms with van der Waals surface area (Å²) in [5.74, 6) is 0.718. The van der Waals surface area contributed by atoms with Gasteiger partial charge in [-0.3, -0.25) is 9.69 Å². The van der Waals surface area contributed by atoms with Crippen molar-refractivity contribution >= 4 is 32.6 Å². The van der Waals surface area contributed by atoms with E-state index in [0.717, 1.165) is 27.6 Å². The summed E-state index contributed by atoms with van der Waals surface area (Å²) in [5.41, 5.74) is 2.74. The lowest BCUT2D eigenvalue weighted by Crippen LogP contribution is -2.36. The third-order valence-electron chi connectivity index (χ3n) is 4.25. The summed E-state index contributed by atoms with van der Waals surface area (Å²) in [7, 11) is 4.00. The van der Waals surface area contributed by atoms with E-state index in [4.69, 9.17) is 9.72 Å². The maximum absolute atomic E-state index is 13.3. The summed E-state index contributed by atoms with van der Waals surface area (Å²) in [5, 5.41) is 0.731. The molecule has 1 heterocycles. The van der Waals surface area contributed by atoms with E-state index in [9.17, 15) is 4.79 Å². The Morgan fingerprint density at radius 2 is 1.82 bits per heavy atom. The average Bonchev–Trinajstić information content (AvgIpc) is 3.04. The smallest absolute Gasteiger partial charge is 0.260 e. The van der Waals surface area contributed by atoms with E-state index in [1.807, 2.05) is 64.3 Å². The lowest BCUT2D eigenvalue weighted by Gasteiger charge is -2.22. The number of hydrogen-bond donors (Lipinski definition) is 0. The van der Waals surface area contributed by atoms with Crippen LogP contribution in [0.1, 0.15) is 29.8 Å². The van der Waals surface area contributed by atoms with Crippen LogP contribution in [0.4, 0.5) is 5.13 Å². The van der Waals surface area contributed by atoms with Gasteiger partial charge in [-0.1, -0.05) is 17.4 Å². The van der Waals surface area contributed by atoms with Crippen molar-refractivity contribution in [2.45, 2.75) is 26.9 Å². The SMILES string of the molecule is Cc1ccc2nc(N(CCN(C)C)C(=O)c3ccc(OC(C)C)cc3)sc2c1. The molecule has 28 heavy (non-hydrogen) atoms. The largest absolute Gasteiger partial charge is 0.491 e. The molecular weight excluding hydrogens is 370 g/mol. The number of thiazole rings is 1. The average molecular weight is 398 g/mol. The lowest BCUT2D eigenvalue weighted by molar-refractivity contribution is 0.0985. The number of fused-ring (bicyclic) bond motifs is 1. The predicted molar refractivity (Wildman–Crippen MR) is 117 cm³/mol. The van der Waals surface area contributed by atoms with Crippen LogP contribution < -0.4 is 9.64 Å². The van der Waals surface area contributed by atoms with Crippen LogP contribution in [-0.2, 0) is 0 Å². The molecule has 0 aliphatic rings. The van der Waals surface area contributed by atoms with Gasteiger partial charge in [-0.25, -0.2) is 4.98 Å². The van der Waals surface area contributed by atoms with Crippen molar-refractivity contribution in [2.75, 3.05) is 32.1 Å². The molecule has 1 amide bonds. The van der Waals surface area contributed by atoms with Gasteiger partial charge in [0.1, 0.15) is 5.75 Å². The number of amides is 1. The molecule has 2 aromatic carbocycles. The van der Waals surface area contributed by atoms with E-state index in [0.29, 0.717) is 12.1 Å². The summed E-state index contributed by atoms with van der Waals surface area (Å²) in [6.07, 6.45) is 0.101. The maximum Gasteiger partial charge on any atom is 0.260 e. The van der Waals surface area contributed by atoms with Crippen molar-refractivity contribution in [1.29, 1.82) is 0 Å². The first-order valence-electron chi connectivity index (χ1n) is 9.44. The highest BCUT2D eigenvalue weighted by molar-refractivity contribution is 7.22. The van der Waals surface area contributed by atoms with Crippen molar-refractivity contribution < 1.29 is 9.53 Å². The Labute approximate surface area is 170 Å². The molecule has 5 nitrogen and oxygen atoms in total. The first-order chi connectivity index (χ1) is 13.3. The Kier molecular flexibility index (Phi) is 6.31. The van der Waals surface area contributed by atoms with Crippen molar-refractivity contribution in [3.8, 4) is 5.75 Å². The maximum atomic E-state index is 13.3. The number of carbonyl (C=O) groups is 1. The second kappa shape index (κ2) is 8.71. The molecule has 0 unspecified atom stereocenters. The van der Waals surface area contributed by atoms with Gasteiger partial charge in [-0.2, -0.15) is 0 Å². The Morgan fingerprint density at radius 3 is 2.46 bits per heavy atom. The number of aromatic nitrogens is 1. The summed E-state index contributed by atoms with van der Waals surface area (Å²) < 4.78 is 6.78. The molecule has 0 saturated heterocycles. The van der Waals surface area contributed by atoms with Gasteiger partial charge in [0.2, 0.25) is 0 Å². The normalized spacial score (nSPS) is 11.4. The molecule has 0 bridgehead atoms. The van der Waals surface area contributed by atoms with Gasteiger partial charge in [0, 0.05) is 18.7 Å². The van der Waals surface area contributed by atoms with Crippen LogP contribution in [0.15, 0.2) is 42.5 Å². The standard InChI is InChI=1S/C22H27N3O2S/c1-15(2)27-18-9-7-17(8-10-18)21(26)25(13-12-24(4)5)22-23-19-11-6-16(3)14-20(19)28-22/h6-11,14-15H,12-13H2,1-5H3. The van der Waals surface area contributed by atoms with E-state index in [2.05, 4.69) is 17.9 Å². The summed E-state index contributed by atoms with van der Waals surface area (Å²) in [6.45, 7) is 7.37. The number of aryl methyl sites for hydroxylation is 1. The zero-order valence-corrected chi connectivity index (χ0v) is 17.9. The minimum atomic E-state index is -0.0475. The van der Waals surface area contributed by atoms with Crippen molar-refractivity contribution in [1.82, 2.24) is 9.88 Å². The van der Waals surface area contributed by atoms with E-state index in [1.165, 1.54) is 5.56 Å². The summed E-state index contributed by atoms with van der Waals surface area (Å²) in [6, 6.07) is 13.5. The van der Waals surface area contributed by atoms with E-state index in [-0.39, 0.29) is 12.0 Å². The van der Waals surface area contributed by atoms with Crippen molar-refractivity contribution in [3.05, 3.63) is 53.6 Å². The van der Waals surface area contributed by atoms with Crippen LogP contribution in [-0.4, -0.2) is 49.1 Å². The third-order valence-corrected chi connectivity index (χ3v) is 5.29. The Balaban J connectivity index is 1.90. The Hall–Kier alpha value is -2.44. The van der Waals surface area contributed by atoms with Gasteiger partial charge in [0.25, 0.3) is 5.91 Å². The van der Waals surface area contributed by atoms with Gasteiger partial charge in [-0.15, -0.1) is 0 Å². The van der Waals surface area contributed by atoms with E-state index < -0.39 is 0 Å². The quantitative estimate of drug-likeness (QED) is 0.584. The van der Waals surface area contributed by atoms with Crippen LogP contribution >= 0.6 is 11.3 Å². The number of likely N-dealkylation sites (N-methyl/N-ethyl adjacent to an activating group) is 1. The van der Waals surface area contributed by atoms with Crippen LogP contribution in [0, 0.1) is 6.92 Å². The zero-order valence-electron chi connectivity index (χ0n) is 17.1. The fraction of sp³-hybridized carbons (Fsp3) is 0.364. The number of hydrogen-bond acceptors (Lipinski definition) is 5. The zero-order chi connectivity index (χ0) is 20.3. The topological polar surface area (TPSA) is 45.7 Å². The molecule has 3 rings (SSSR count). The molecule has 0 fully saturated rings. The molecule has 0 saturated carbocycles. The van der Waals surface area contributed by atoms with E-state index >= 15 is 0 Å². The van der Waals surface area contributed by atoms with Gasteiger partial charge < -0.3 is 9.64 Å². The first-order valence-corrected chi connectivity index (χ1v) is 10.3. The third kappa shape index (κ3) is 4.88. The Bertz CT molecular complexity index is 948. The summed E-state index contributed by atoms with van der Waals surface area (Å²) in [4.78, 5) is 21.8. The van der Waals surface area contributed by atoms with Gasteiger partial charge >= 0.3 is 0 Å².